The maximum atomic E-state index is 5.59. The van der Waals surface area contributed by atoms with Gasteiger partial charge in [0.05, 0.1) is 18.5 Å². The first-order valence-electron chi connectivity index (χ1n) is 5.58. The number of nitrogens with two attached hydrogens (primary N) is 1. The Hall–Kier alpha value is -1.60. The Kier molecular flexibility index (Phi) is 3.16. The summed E-state index contributed by atoms with van der Waals surface area (Å²) in [6.45, 7) is 0.722. The summed E-state index contributed by atoms with van der Waals surface area (Å²) in [5.41, 5.74) is 6.79. The molecule has 0 amide bonds. The van der Waals surface area contributed by atoms with Crippen LogP contribution < -0.4 is 5.73 Å². The molecule has 3 rings (SSSR count). The molecular weight excluding hydrogens is 252 g/mol. The van der Waals surface area contributed by atoms with Gasteiger partial charge in [-0.1, -0.05) is 5.16 Å². The summed E-state index contributed by atoms with van der Waals surface area (Å²) in [5.74, 6) is 2.84. The highest BCUT2D eigenvalue weighted by Crippen LogP contribution is 2.26. The van der Waals surface area contributed by atoms with Crippen LogP contribution in [0.2, 0.25) is 0 Å². The van der Waals surface area contributed by atoms with Crippen molar-refractivity contribution in [3.8, 4) is 11.6 Å². The molecule has 1 atom stereocenters. The van der Waals surface area contributed by atoms with E-state index in [0.717, 1.165) is 18.1 Å². The molecule has 0 aromatic carbocycles. The van der Waals surface area contributed by atoms with E-state index < -0.39 is 0 Å². The van der Waals surface area contributed by atoms with E-state index in [2.05, 4.69) is 15.1 Å². The molecule has 3 heterocycles. The Morgan fingerprint density at radius 1 is 1.39 bits per heavy atom. The molecule has 0 radical (unpaired) electrons. The van der Waals surface area contributed by atoms with Crippen LogP contribution in [0.3, 0.4) is 0 Å². The molecule has 0 aliphatic carbocycles. The third-order valence-corrected chi connectivity index (χ3v) is 3.54. The van der Waals surface area contributed by atoms with Crippen molar-refractivity contribution in [1.82, 2.24) is 15.1 Å². The minimum absolute atomic E-state index is 0.0879. The molecule has 0 saturated carbocycles. The molecule has 2 N–H and O–H groups in total. The van der Waals surface area contributed by atoms with Crippen molar-refractivity contribution in [2.75, 3.05) is 23.8 Å². The summed E-state index contributed by atoms with van der Waals surface area (Å²) in [5, 5.41) is 3.94. The lowest BCUT2D eigenvalue weighted by Gasteiger charge is -2.18. The van der Waals surface area contributed by atoms with E-state index in [1.807, 2.05) is 11.8 Å². The van der Waals surface area contributed by atoms with Gasteiger partial charge in [0.2, 0.25) is 5.82 Å². The Labute approximate surface area is 108 Å². The van der Waals surface area contributed by atoms with Gasteiger partial charge in [0.15, 0.2) is 0 Å². The van der Waals surface area contributed by atoms with Crippen LogP contribution in [0, 0.1) is 0 Å². The third-order valence-electron chi connectivity index (χ3n) is 2.55. The van der Waals surface area contributed by atoms with Gasteiger partial charge in [0, 0.05) is 11.5 Å². The average Bonchev–Trinajstić information content (AvgIpc) is 2.90. The van der Waals surface area contributed by atoms with E-state index in [1.54, 1.807) is 18.3 Å². The zero-order chi connectivity index (χ0) is 12.4. The highest BCUT2D eigenvalue weighted by molar-refractivity contribution is 7.99. The molecule has 1 aliphatic rings. The molecule has 94 valence electrons. The zero-order valence-electron chi connectivity index (χ0n) is 9.57. The number of nitrogen functional groups attached to an aromatic ring is 1. The van der Waals surface area contributed by atoms with Gasteiger partial charge >= 0.3 is 0 Å². The number of hydrogen-bond donors (Lipinski definition) is 1. The van der Waals surface area contributed by atoms with Crippen LogP contribution >= 0.6 is 11.8 Å². The number of anilines is 1. The fraction of sp³-hybridized carbons (Fsp3) is 0.364. The van der Waals surface area contributed by atoms with Crippen LogP contribution in [0.1, 0.15) is 11.9 Å². The number of thioether (sulfide) groups is 1. The molecule has 1 saturated heterocycles. The smallest absolute Gasteiger partial charge is 0.276 e. The molecular formula is C11H12N4O2S. The number of nitrogens with zero attached hydrogens (tertiary/aromatic N) is 3. The predicted octanol–water partition coefficient (Wildman–Crippen LogP) is 1.52. The third kappa shape index (κ3) is 2.32. The van der Waals surface area contributed by atoms with E-state index >= 15 is 0 Å². The summed E-state index contributed by atoms with van der Waals surface area (Å²) >= 11 is 1.83. The highest BCUT2D eigenvalue weighted by atomic mass is 32.2. The molecule has 7 heteroatoms. The molecule has 2 aromatic heterocycles. The van der Waals surface area contributed by atoms with Crippen LogP contribution in [-0.4, -0.2) is 33.2 Å². The number of pyridine rings is 1. The van der Waals surface area contributed by atoms with Crippen molar-refractivity contribution in [2.24, 2.45) is 0 Å². The van der Waals surface area contributed by atoms with E-state index in [9.17, 15) is 0 Å². The topological polar surface area (TPSA) is 87.1 Å². The van der Waals surface area contributed by atoms with Gasteiger partial charge in [-0.25, -0.2) is 4.98 Å². The van der Waals surface area contributed by atoms with Crippen molar-refractivity contribution in [2.45, 2.75) is 6.10 Å². The van der Waals surface area contributed by atoms with Crippen molar-refractivity contribution >= 4 is 17.4 Å². The van der Waals surface area contributed by atoms with E-state index in [4.69, 9.17) is 15.0 Å². The molecule has 18 heavy (non-hydrogen) atoms. The largest absolute Gasteiger partial charge is 0.397 e. The maximum Gasteiger partial charge on any atom is 0.276 e. The number of ether oxygens (including phenoxy) is 1. The lowest BCUT2D eigenvalue weighted by atomic mass is 10.3. The molecule has 6 nitrogen and oxygen atoms in total. The van der Waals surface area contributed by atoms with Crippen molar-refractivity contribution in [1.29, 1.82) is 0 Å². The number of hydrogen-bond acceptors (Lipinski definition) is 7. The van der Waals surface area contributed by atoms with Crippen LogP contribution in [0.15, 0.2) is 22.9 Å². The summed E-state index contributed by atoms with van der Waals surface area (Å²) in [7, 11) is 0. The summed E-state index contributed by atoms with van der Waals surface area (Å²) in [6, 6.07) is 3.50. The standard InChI is InChI=1S/C11H12N4O2S/c12-7-1-2-8(13-5-7)11-14-10(15-17-11)9-6-18-4-3-16-9/h1-2,5,9H,3-4,6,12H2. The van der Waals surface area contributed by atoms with E-state index in [-0.39, 0.29) is 6.10 Å². The molecule has 0 bridgehead atoms. The summed E-state index contributed by atoms with van der Waals surface area (Å²) < 4.78 is 10.8. The maximum absolute atomic E-state index is 5.59. The van der Waals surface area contributed by atoms with Crippen LogP contribution in [0.5, 0.6) is 0 Å². The normalized spacial score (nSPS) is 19.9. The van der Waals surface area contributed by atoms with Crippen molar-refractivity contribution in [3.63, 3.8) is 0 Å². The first-order chi connectivity index (χ1) is 8.83. The van der Waals surface area contributed by atoms with Gasteiger partial charge in [-0.2, -0.15) is 16.7 Å². The molecule has 1 aliphatic heterocycles. The second-order valence-corrected chi connectivity index (χ2v) is 5.02. The van der Waals surface area contributed by atoms with Crippen LogP contribution in [0.25, 0.3) is 11.6 Å². The summed E-state index contributed by atoms with van der Waals surface area (Å²) in [4.78, 5) is 8.45. The molecule has 1 unspecified atom stereocenters. The fourth-order valence-corrected chi connectivity index (χ4v) is 2.48. The van der Waals surface area contributed by atoms with E-state index in [1.165, 1.54) is 0 Å². The average molecular weight is 264 g/mol. The second-order valence-electron chi connectivity index (χ2n) is 3.87. The van der Waals surface area contributed by atoms with Gasteiger partial charge in [0.1, 0.15) is 11.8 Å². The molecule has 1 fully saturated rings. The van der Waals surface area contributed by atoms with Crippen LogP contribution in [0.4, 0.5) is 5.69 Å². The van der Waals surface area contributed by atoms with E-state index in [0.29, 0.717) is 23.1 Å². The number of aromatic nitrogens is 3. The van der Waals surface area contributed by atoms with Gasteiger partial charge in [-0.3, -0.25) is 0 Å². The fourth-order valence-electron chi connectivity index (χ4n) is 1.64. The highest BCUT2D eigenvalue weighted by Gasteiger charge is 2.22. The monoisotopic (exact) mass is 264 g/mol. The van der Waals surface area contributed by atoms with Crippen molar-refractivity contribution < 1.29 is 9.26 Å². The molecule has 0 spiro atoms. The SMILES string of the molecule is Nc1ccc(-c2nc(C3CSCCO3)no2)nc1. The van der Waals surface area contributed by atoms with Crippen molar-refractivity contribution in [3.05, 3.63) is 24.2 Å². The predicted molar refractivity (Wildman–Crippen MR) is 68.0 cm³/mol. The zero-order valence-corrected chi connectivity index (χ0v) is 10.4. The Morgan fingerprint density at radius 2 is 2.33 bits per heavy atom. The number of rotatable bonds is 2. The quantitative estimate of drug-likeness (QED) is 0.879. The second kappa shape index (κ2) is 4.95. The van der Waals surface area contributed by atoms with Gasteiger partial charge in [-0.05, 0) is 12.1 Å². The first-order valence-corrected chi connectivity index (χ1v) is 6.73. The first kappa shape index (κ1) is 11.5. The van der Waals surface area contributed by atoms with Gasteiger partial charge in [-0.15, -0.1) is 0 Å². The lowest BCUT2D eigenvalue weighted by molar-refractivity contribution is 0.0677. The van der Waals surface area contributed by atoms with Crippen LogP contribution in [-0.2, 0) is 4.74 Å². The molecule has 2 aromatic rings. The minimum Gasteiger partial charge on any atom is -0.397 e. The minimum atomic E-state index is -0.0879. The van der Waals surface area contributed by atoms with Gasteiger partial charge in [0.25, 0.3) is 5.89 Å². The van der Waals surface area contributed by atoms with Gasteiger partial charge < -0.3 is 15.0 Å². The Balaban J connectivity index is 1.82. The Morgan fingerprint density at radius 3 is 3.06 bits per heavy atom. The lowest BCUT2D eigenvalue weighted by Crippen LogP contribution is -2.16. The Bertz CT molecular complexity index is 522. The summed E-state index contributed by atoms with van der Waals surface area (Å²) in [6.07, 6.45) is 1.47.